The van der Waals surface area contributed by atoms with Crippen LogP contribution in [0.4, 0.5) is 0 Å². The first-order chi connectivity index (χ1) is 5.33. The van der Waals surface area contributed by atoms with Gasteiger partial charge in [0.1, 0.15) is 0 Å². The fourth-order valence-corrected chi connectivity index (χ4v) is 0.864. The molecular formula is C7H10N4. The number of aryl methyl sites for hydroxylation is 1. The third-order valence-corrected chi connectivity index (χ3v) is 1.38. The Labute approximate surface area is 65.4 Å². The molecule has 0 fully saturated rings. The molecular weight excluding hydrogens is 140 g/mol. The molecule has 0 aliphatic carbocycles. The highest BCUT2D eigenvalue weighted by molar-refractivity contribution is 5.04. The molecule has 1 aromatic heterocycles. The topological polar surface area (TPSA) is 53.6 Å². The van der Waals surface area contributed by atoms with Gasteiger partial charge < -0.3 is 5.32 Å². The van der Waals surface area contributed by atoms with Crippen molar-refractivity contribution < 1.29 is 0 Å². The summed E-state index contributed by atoms with van der Waals surface area (Å²) in [5, 5.41) is 14.7. The normalized spacial score (nSPS) is 9.09. The minimum Gasteiger partial charge on any atom is -0.324 e. The molecule has 1 heterocycles. The molecule has 1 N–H and O–H groups in total. The first-order valence-corrected chi connectivity index (χ1v) is 3.42. The van der Waals surface area contributed by atoms with E-state index >= 15 is 0 Å². The highest BCUT2D eigenvalue weighted by Crippen LogP contribution is 1.95. The molecule has 0 bridgehead atoms. The monoisotopic (exact) mass is 150 g/mol. The van der Waals surface area contributed by atoms with Gasteiger partial charge in [0.2, 0.25) is 0 Å². The van der Waals surface area contributed by atoms with Crippen molar-refractivity contribution in [3.63, 3.8) is 0 Å². The van der Waals surface area contributed by atoms with Crippen LogP contribution in [-0.4, -0.2) is 16.3 Å². The van der Waals surface area contributed by atoms with Crippen molar-refractivity contribution in [2.75, 3.05) is 6.54 Å². The van der Waals surface area contributed by atoms with Crippen molar-refractivity contribution in [2.45, 2.75) is 6.42 Å². The van der Waals surface area contributed by atoms with Crippen LogP contribution in [-0.2, 0) is 13.5 Å². The van der Waals surface area contributed by atoms with Crippen molar-refractivity contribution in [1.29, 1.82) is 5.26 Å². The summed E-state index contributed by atoms with van der Waals surface area (Å²) in [6.07, 6.45) is 6.46. The predicted molar refractivity (Wildman–Crippen MR) is 40.5 cm³/mol. The van der Waals surface area contributed by atoms with Crippen molar-refractivity contribution in [2.24, 2.45) is 7.05 Å². The Morgan fingerprint density at radius 3 is 3.18 bits per heavy atom. The molecule has 0 aliphatic rings. The lowest BCUT2D eigenvalue weighted by molar-refractivity contribution is 0.765. The molecule has 0 amide bonds. The number of aromatic nitrogens is 2. The van der Waals surface area contributed by atoms with Gasteiger partial charge in [-0.15, -0.1) is 0 Å². The number of rotatable bonds is 3. The molecule has 0 saturated carbocycles. The van der Waals surface area contributed by atoms with Gasteiger partial charge in [-0.1, -0.05) is 0 Å². The number of hydrogen-bond donors (Lipinski definition) is 1. The Bertz CT molecular complexity index is 258. The van der Waals surface area contributed by atoms with Gasteiger partial charge >= 0.3 is 0 Å². The van der Waals surface area contributed by atoms with Crippen molar-refractivity contribution in [3.8, 4) is 6.19 Å². The average molecular weight is 150 g/mol. The molecule has 0 spiro atoms. The first kappa shape index (κ1) is 7.61. The molecule has 58 valence electrons. The van der Waals surface area contributed by atoms with E-state index in [1.807, 2.05) is 19.4 Å². The maximum Gasteiger partial charge on any atom is 0.176 e. The Hall–Kier alpha value is -1.50. The number of nitrogens with zero attached hydrogens (tertiary/aromatic N) is 3. The number of nitriles is 1. The lowest BCUT2D eigenvalue weighted by Gasteiger charge is -1.92. The van der Waals surface area contributed by atoms with E-state index in [0.29, 0.717) is 6.54 Å². The van der Waals surface area contributed by atoms with E-state index in [4.69, 9.17) is 5.26 Å². The van der Waals surface area contributed by atoms with Crippen LogP contribution in [0.25, 0.3) is 0 Å². The van der Waals surface area contributed by atoms with E-state index in [1.165, 1.54) is 0 Å². The summed E-state index contributed by atoms with van der Waals surface area (Å²) in [5.41, 5.74) is 1.15. The molecule has 11 heavy (non-hydrogen) atoms. The lowest BCUT2D eigenvalue weighted by atomic mass is 10.2. The molecule has 0 aliphatic heterocycles. The minimum atomic E-state index is 0.683. The molecule has 0 atom stereocenters. The quantitative estimate of drug-likeness (QED) is 0.376. The van der Waals surface area contributed by atoms with E-state index in [1.54, 1.807) is 10.9 Å². The summed E-state index contributed by atoms with van der Waals surface area (Å²) in [5.74, 6) is 0. The van der Waals surface area contributed by atoms with Crippen LogP contribution in [0.3, 0.4) is 0 Å². The largest absolute Gasteiger partial charge is 0.324 e. The smallest absolute Gasteiger partial charge is 0.176 e. The Kier molecular flexibility index (Phi) is 2.50. The molecule has 0 aromatic carbocycles. The molecule has 0 radical (unpaired) electrons. The fourth-order valence-electron chi connectivity index (χ4n) is 0.864. The van der Waals surface area contributed by atoms with Gasteiger partial charge in [0, 0.05) is 19.8 Å². The van der Waals surface area contributed by atoms with Crippen LogP contribution in [0.5, 0.6) is 0 Å². The Morgan fingerprint density at radius 2 is 2.64 bits per heavy atom. The fraction of sp³-hybridized carbons (Fsp3) is 0.429. The van der Waals surface area contributed by atoms with Crippen molar-refractivity contribution in [1.82, 2.24) is 15.1 Å². The summed E-state index contributed by atoms with van der Waals surface area (Å²) in [7, 11) is 1.88. The maximum atomic E-state index is 8.17. The molecule has 4 nitrogen and oxygen atoms in total. The van der Waals surface area contributed by atoms with Gasteiger partial charge in [0.25, 0.3) is 0 Å². The van der Waals surface area contributed by atoms with Gasteiger partial charge in [-0.2, -0.15) is 10.4 Å². The summed E-state index contributed by atoms with van der Waals surface area (Å²) in [6, 6.07) is 0. The van der Waals surface area contributed by atoms with Gasteiger partial charge in [-0.25, -0.2) is 0 Å². The number of nitrogens with one attached hydrogen (secondary N) is 1. The van der Waals surface area contributed by atoms with E-state index in [0.717, 1.165) is 12.0 Å². The summed E-state index contributed by atoms with van der Waals surface area (Å²) in [4.78, 5) is 0. The Balaban J connectivity index is 2.34. The van der Waals surface area contributed by atoms with Crippen LogP contribution in [0.2, 0.25) is 0 Å². The van der Waals surface area contributed by atoms with Gasteiger partial charge in [0.15, 0.2) is 6.19 Å². The predicted octanol–water partition coefficient (Wildman–Crippen LogP) is 0.0333. The van der Waals surface area contributed by atoms with Crippen LogP contribution in [0, 0.1) is 11.5 Å². The zero-order valence-electron chi connectivity index (χ0n) is 6.41. The highest BCUT2D eigenvalue weighted by Gasteiger charge is 1.93. The van der Waals surface area contributed by atoms with E-state index in [9.17, 15) is 0 Å². The van der Waals surface area contributed by atoms with Crippen LogP contribution < -0.4 is 5.32 Å². The second-order valence-electron chi connectivity index (χ2n) is 2.31. The van der Waals surface area contributed by atoms with Gasteiger partial charge in [-0.3, -0.25) is 4.68 Å². The standard InChI is InChI=1S/C7H10N4/c1-11-5-7(4-10-11)2-3-9-6-8/h4-5,9H,2-3H2,1H3. The maximum absolute atomic E-state index is 8.17. The highest BCUT2D eigenvalue weighted by atomic mass is 15.2. The van der Waals surface area contributed by atoms with Crippen molar-refractivity contribution >= 4 is 0 Å². The average Bonchev–Trinajstić information content (AvgIpc) is 2.37. The van der Waals surface area contributed by atoms with E-state index in [-0.39, 0.29) is 0 Å². The molecule has 1 rings (SSSR count). The van der Waals surface area contributed by atoms with Crippen LogP contribution >= 0.6 is 0 Å². The molecule has 0 saturated heterocycles. The van der Waals surface area contributed by atoms with Crippen molar-refractivity contribution in [3.05, 3.63) is 18.0 Å². The summed E-state index contributed by atoms with van der Waals surface area (Å²) < 4.78 is 1.75. The van der Waals surface area contributed by atoms with Crippen LogP contribution in [0.1, 0.15) is 5.56 Å². The third-order valence-electron chi connectivity index (χ3n) is 1.38. The molecule has 0 unspecified atom stereocenters. The minimum absolute atomic E-state index is 0.683. The SMILES string of the molecule is Cn1cc(CCNC#N)cn1. The molecule has 4 heteroatoms. The van der Waals surface area contributed by atoms with Gasteiger partial charge in [-0.05, 0) is 12.0 Å². The Morgan fingerprint density at radius 1 is 1.82 bits per heavy atom. The first-order valence-electron chi connectivity index (χ1n) is 3.42. The zero-order valence-corrected chi connectivity index (χ0v) is 6.41. The number of hydrogen-bond acceptors (Lipinski definition) is 3. The second kappa shape index (κ2) is 3.62. The van der Waals surface area contributed by atoms with Crippen LogP contribution in [0.15, 0.2) is 12.4 Å². The van der Waals surface area contributed by atoms with E-state index < -0.39 is 0 Å². The molecule has 1 aromatic rings. The van der Waals surface area contributed by atoms with Gasteiger partial charge in [0.05, 0.1) is 6.20 Å². The summed E-state index contributed by atoms with van der Waals surface area (Å²) in [6.45, 7) is 0.683. The second-order valence-corrected chi connectivity index (χ2v) is 2.31. The third kappa shape index (κ3) is 2.30. The summed E-state index contributed by atoms with van der Waals surface area (Å²) >= 11 is 0. The van der Waals surface area contributed by atoms with E-state index in [2.05, 4.69) is 10.4 Å². The zero-order chi connectivity index (χ0) is 8.10. The lowest BCUT2D eigenvalue weighted by Crippen LogP contribution is -2.09.